The monoisotopic (exact) mass is 500 g/mol. The van der Waals surface area contributed by atoms with Crippen LogP contribution in [0.15, 0.2) is 12.1 Å². The van der Waals surface area contributed by atoms with Crippen molar-refractivity contribution in [2.75, 3.05) is 0 Å². The lowest BCUT2D eigenvalue weighted by Crippen LogP contribution is -1.72. The molecule has 0 spiro atoms. The Bertz CT molecular complexity index is 803. The van der Waals surface area contributed by atoms with Crippen molar-refractivity contribution in [3.63, 3.8) is 0 Å². The van der Waals surface area contributed by atoms with Gasteiger partial charge in [0.1, 0.15) is 11.0 Å². The van der Waals surface area contributed by atoms with Crippen molar-refractivity contribution in [2.24, 2.45) is 0 Å². The van der Waals surface area contributed by atoms with E-state index in [9.17, 15) is 0 Å². The highest BCUT2D eigenvalue weighted by Crippen LogP contribution is 2.42. The average Bonchev–Trinajstić information content (AvgIpc) is 2.91. The Kier molecular flexibility index (Phi) is 2.62. The molecule has 0 fully saturated rings. The van der Waals surface area contributed by atoms with Crippen LogP contribution in [0.3, 0.4) is 0 Å². The standard InChI is InChI=1S/C10H2I2N2S3/c11-5-1-3-7-8(14-17-13-7)4-2-6(12)16-10(4)9(3)15-5/h1-2H. The minimum absolute atomic E-state index is 1.06. The lowest BCUT2D eigenvalue weighted by molar-refractivity contribution is 1.72. The maximum Gasteiger partial charge on any atom is 0.114 e. The molecule has 0 aliphatic carbocycles. The zero-order valence-corrected chi connectivity index (χ0v) is 14.8. The number of fused-ring (bicyclic) bond motifs is 6. The van der Waals surface area contributed by atoms with Gasteiger partial charge in [-0.25, -0.2) is 0 Å². The van der Waals surface area contributed by atoms with Gasteiger partial charge in [0, 0.05) is 10.8 Å². The lowest BCUT2D eigenvalue weighted by Gasteiger charge is -1.93. The fourth-order valence-corrected chi connectivity index (χ4v) is 6.40. The maximum absolute atomic E-state index is 4.46. The summed E-state index contributed by atoms with van der Waals surface area (Å²) in [6.45, 7) is 0. The van der Waals surface area contributed by atoms with Gasteiger partial charge in [-0.1, -0.05) is 0 Å². The predicted octanol–water partition coefficient (Wildman–Crippen LogP) is 5.33. The Morgan fingerprint density at radius 3 is 1.76 bits per heavy atom. The third kappa shape index (κ3) is 1.58. The van der Waals surface area contributed by atoms with Crippen LogP contribution >= 0.6 is 79.6 Å². The number of thiophene rings is 2. The van der Waals surface area contributed by atoms with Gasteiger partial charge in [-0.3, -0.25) is 0 Å². The molecule has 4 rings (SSSR count). The van der Waals surface area contributed by atoms with Crippen molar-refractivity contribution in [3.05, 3.63) is 17.9 Å². The van der Waals surface area contributed by atoms with Crippen molar-refractivity contribution < 1.29 is 0 Å². The molecule has 3 heterocycles. The highest BCUT2D eigenvalue weighted by Gasteiger charge is 2.16. The average molecular weight is 500 g/mol. The molecule has 0 saturated carbocycles. The first-order valence-electron chi connectivity index (χ1n) is 4.66. The van der Waals surface area contributed by atoms with E-state index in [1.165, 1.54) is 37.7 Å². The zero-order chi connectivity index (χ0) is 11.6. The van der Waals surface area contributed by atoms with Crippen molar-refractivity contribution in [2.45, 2.75) is 0 Å². The fraction of sp³-hybridized carbons (Fsp3) is 0. The van der Waals surface area contributed by atoms with Gasteiger partial charge in [0.25, 0.3) is 0 Å². The third-order valence-electron chi connectivity index (χ3n) is 2.61. The summed E-state index contributed by atoms with van der Waals surface area (Å²) in [6, 6.07) is 4.44. The minimum atomic E-state index is 1.06. The van der Waals surface area contributed by atoms with Crippen LogP contribution in [0.25, 0.3) is 31.2 Å². The van der Waals surface area contributed by atoms with E-state index in [0.717, 1.165) is 11.0 Å². The van der Waals surface area contributed by atoms with Gasteiger partial charge >= 0.3 is 0 Å². The zero-order valence-electron chi connectivity index (χ0n) is 8.03. The SMILES string of the molecule is Ic1cc2c3nsnc3c3cc(I)sc3c2s1. The molecule has 0 amide bonds. The molecule has 17 heavy (non-hydrogen) atoms. The predicted molar refractivity (Wildman–Crippen MR) is 93.6 cm³/mol. The van der Waals surface area contributed by atoms with E-state index < -0.39 is 0 Å². The van der Waals surface area contributed by atoms with E-state index in [4.69, 9.17) is 0 Å². The van der Waals surface area contributed by atoms with Crippen LogP contribution in [0.2, 0.25) is 0 Å². The molecule has 2 nitrogen and oxygen atoms in total. The van der Waals surface area contributed by atoms with Crippen LogP contribution < -0.4 is 0 Å². The van der Waals surface area contributed by atoms with Gasteiger partial charge in [0.2, 0.25) is 0 Å². The topological polar surface area (TPSA) is 25.8 Å². The fourth-order valence-electron chi connectivity index (χ4n) is 1.95. The maximum atomic E-state index is 4.46. The minimum Gasteiger partial charge on any atom is -0.172 e. The van der Waals surface area contributed by atoms with E-state index in [1.54, 1.807) is 0 Å². The second-order valence-electron chi connectivity index (χ2n) is 3.55. The van der Waals surface area contributed by atoms with Crippen molar-refractivity contribution in [1.29, 1.82) is 0 Å². The summed E-state index contributed by atoms with van der Waals surface area (Å²) in [5, 5.41) is 2.52. The normalized spacial score (nSPS) is 12.1. The number of rotatable bonds is 0. The Hall–Kier alpha value is 0.420. The molecule has 0 aliphatic rings. The molecule has 0 unspecified atom stereocenters. The molecule has 84 valence electrons. The third-order valence-corrected chi connectivity index (χ3v) is 7.09. The van der Waals surface area contributed by atoms with Crippen LogP contribution in [0.5, 0.6) is 0 Å². The van der Waals surface area contributed by atoms with E-state index in [0.29, 0.717) is 0 Å². The summed E-state index contributed by atoms with van der Waals surface area (Å²) in [6.07, 6.45) is 0. The Labute approximate surface area is 136 Å². The van der Waals surface area contributed by atoms with Gasteiger partial charge in [0.15, 0.2) is 0 Å². The first-order chi connectivity index (χ1) is 8.24. The van der Waals surface area contributed by atoms with E-state index >= 15 is 0 Å². The van der Waals surface area contributed by atoms with Crippen LogP contribution in [-0.4, -0.2) is 8.75 Å². The van der Waals surface area contributed by atoms with Gasteiger partial charge in [-0.2, -0.15) is 8.75 Å². The molecule has 0 atom stereocenters. The smallest absolute Gasteiger partial charge is 0.114 e. The highest BCUT2D eigenvalue weighted by molar-refractivity contribution is 14.1. The van der Waals surface area contributed by atoms with Crippen LogP contribution in [-0.2, 0) is 0 Å². The van der Waals surface area contributed by atoms with Gasteiger partial charge in [0.05, 0.1) is 26.9 Å². The molecular weight excluding hydrogens is 498 g/mol. The van der Waals surface area contributed by atoms with Gasteiger partial charge in [-0.05, 0) is 57.3 Å². The summed E-state index contributed by atoms with van der Waals surface area (Å²) < 4.78 is 14.2. The van der Waals surface area contributed by atoms with E-state index in [-0.39, 0.29) is 0 Å². The van der Waals surface area contributed by atoms with Gasteiger partial charge < -0.3 is 0 Å². The lowest BCUT2D eigenvalue weighted by atomic mass is 10.2. The summed E-state index contributed by atoms with van der Waals surface area (Å²) in [7, 11) is 0. The molecule has 3 aromatic heterocycles. The van der Waals surface area contributed by atoms with Crippen LogP contribution in [0, 0.1) is 5.77 Å². The van der Waals surface area contributed by atoms with Crippen molar-refractivity contribution in [3.8, 4) is 0 Å². The number of aromatic nitrogens is 2. The number of hydrogen-bond donors (Lipinski definition) is 0. The first-order valence-corrected chi connectivity index (χ1v) is 9.18. The Morgan fingerprint density at radius 2 is 1.29 bits per heavy atom. The number of hydrogen-bond acceptors (Lipinski definition) is 5. The van der Waals surface area contributed by atoms with Crippen molar-refractivity contribution >= 4 is 111 Å². The molecule has 7 heteroatoms. The van der Waals surface area contributed by atoms with E-state index in [2.05, 4.69) is 66.1 Å². The highest BCUT2D eigenvalue weighted by atomic mass is 127. The molecule has 4 aromatic rings. The molecule has 0 radical (unpaired) electrons. The molecular formula is C10H2I2N2S3. The van der Waals surface area contributed by atoms with E-state index in [1.807, 2.05) is 22.7 Å². The Morgan fingerprint density at radius 1 is 0.824 bits per heavy atom. The molecule has 0 aliphatic heterocycles. The largest absolute Gasteiger partial charge is 0.172 e. The molecule has 0 N–H and O–H groups in total. The summed E-state index contributed by atoms with van der Waals surface area (Å²) in [5.41, 5.74) is 2.12. The second-order valence-corrected chi connectivity index (χ2v) is 9.97. The second kappa shape index (κ2) is 3.95. The number of benzene rings is 1. The summed E-state index contributed by atoms with van der Waals surface area (Å²) in [5.74, 6) is 0. The molecule has 0 bridgehead atoms. The molecule has 0 saturated heterocycles. The number of halogens is 2. The van der Waals surface area contributed by atoms with Crippen LogP contribution in [0.1, 0.15) is 0 Å². The Balaban J connectivity index is 2.46. The summed E-state index contributed by atoms with van der Waals surface area (Å²) >= 11 is 9.75. The van der Waals surface area contributed by atoms with Gasteiger partial charge in [-0.15, -0.1) is 22.7 Å². The quantitative estimate of drug-likeness (QED) is 0.305. The summed E-state index contributed by atoms with van der Waals surface area (Å²) in [4.78, 5) is 0. The number of nitrogens with zero attached hydrogens (tertiary/aromatic N) is 2. The molecule has 1 aromatic carbocycles. The first kappa shape index (κ1) is 11.3. The van der Waals surface area contributed by atoms with Crippen LogP contribution in [0.4, 0.5) is 0 Å². The van der Waals surface area contributed by atoms with Crippen molar-refractivity contribution in [1.82, 2.24) is 8.75 Å².